The number of nitrogens with zero attached hydrogens (tertiary/aromatic N) is 2. The first-order chi connectivity index (χ1) is 8.13. The minimum absolute atomic E-state index is 0.0299. The predicted octanol–water partition coefficient (Wildman–Crippen LogP) is 2.67. The first-order valence-corrected chi connectivity index (χ1v) is 7.33. The number of aromatic nitrogens is 2. The Labute approximate surface area is 109 Å². The molecule has 1 atom stereocenters. The molecule has 2 aromatic rings. The van der Waals surface area contributed by atoms with Gasteiger partial charge in [0.25, 0.3) is 5.56 Å². The fourth-order valence-corrected chi connectivity index (χ4v) is 2.20. The molecule has 1 aromatic heterocycles. The Balaban J connectivity index is 2.60. The van der Waals surface area contributed by atoms with Crippen molar-refractivity contribution in [3.63, 3.8) is 0 Å². The van der Waals surface area contributed by atoms with Crippen molar-refractivity contribution >= 4 is 33.4 Å². The van der Waals surface area contributed by atoms with E-state index in [1.54, 1.807) is 4.57 Å². The third-order valence-electron chi connectivity index (χ3n) is 2.67. The molecule has 0 N–H and O–H groups in total. The van der Waals surface area contributed by atoms with Crippen LogP contribution in [0.3, 0.4) is 0 Å². The summed E-state index contributed by atoms with van der Waals surface area (Å²) < 4.78 is 1.72. The molecule has 1 unspecified atom stereocenters. The number of aryl methyl sites for hydroxylation is 1. The molecule has 0 aliphatic carbocycles. The summed E-state index contributed by atoms with van der Waals surface area (Å²) in [5, 5.41) is 0.951. The van der Waals surface area contributed by atoms with Crippen LogP contribution in [0.5, 0.6) is 0 Å². The largest absolute Gasteiger partial charge is 0.295 e. The Kier molecular flexibility index (Phi) is 3.79. The minimum atomic E-state index is 0.0299. The Morgan fingerprint density at radius 2 is 2.18 bits per heavy atom. The third kappa shape index (κ3) is 2.50. The minimum Gasteiger partial charge on any atom is -0.295 e. The molecule has 0 saturated carbocycles. The zero-order valence-corrected chi connectivity index (χ0v) is 11.5. The Morgan fingerprint density at radius 3 is 2.88 bits per heavy atom. The summed E-state index contributed by atoms with van der Waals surface area (Å²) in [6.07, 6.45) is 0. The zero-order valence-electron chi connectivity index (χ0n) is 9.75. The smallest absolute Gasteiger partial charge is 0.261 e. The molecular formula is C12H14N2OS2. The van der Waals surface area contributed by atoms with E-state index in [9.17, 15) is 4.79 Å². The average Bonchev–Trinajstić information content (AvgIpc) is 2.34. The summed E-state index contributed by atoms with van der Waals surface area (Å²) in [6.45, 7) is 4.54. The maximum atomic E-state index is 12.3. The molecule has 0 bridgehead atoms. The van der Waals surface area contributed by atoms with Crippen molar-refractivity contribution in [2.45, 2.75) is 25.6 Å². The highest BCUT2D eigenvalue weighted by atomic mass is 33.1. The summed E-state index contributed by atoms with van der Waals surface area (Å²) in [6, 6.07) is 7.44. The Bertz CT molecular complexity index is 595. The van der Waals surface area contributed by atoms with Crippen molar-refractivity contribution in [2.75, 3.05) is 0 Å². The molecule has 3 nitrogen and oxygen atoms in total. The van der Waals surface area contributed by atoms with Crippen molar-refractivity contribution in [3.8, 4) is 0 Å². The fourth-order valence-electron chi connectivity index (χ4n) is 1.78. The van der Waals surface area contributed by atoms with E-state index in [4.69, 9.17) is 0 Å². The summed E-state index contributed by atoms with van der Waals surface area (Å²) in [4.78, 5) is 16.7. The van der Waals surface area contributed by atoms with E-state index in [0.29, 0.717) is 11.9 Å². The summed E-state index contributed by atoms with van der Waals surface area (Å²) in [7, 11) is 1.45. The molecule has 2 rings (SSSR count). The van der Waals surface area contributed by atoms with Crippen molar-refractivity contribution in [2.24, 2.45) is 0 Å². The third-order valence-corrected chi connectivity index (χ3v) is 4.26. The Morgan fingerprint density at radius 1 is 1.47 bits per heavy atom. The van der Waals surface area contributed by atoms with Gasteiger partial charge in [-0.05, 0) is 19.1 Å². The van der Waals surface area contributed by atoms with E-state index < -0.39 is 0 Å². The SMILES string of the molecule is Cc1nc2ccccc2c(=O)n1CC(C)SS. The molecule has 0 radical (unpaired) electrons. The highest BCUT2D eigenvalue weighted by molar-refractivity contribution is 8.68. The van der Waals surface area contributed by atoms with Gasteiger partial charge in [-0.2, -0.15) is 0 Å². The van der Waals surface area contributed by atoms with Crippen LogP contribution in [-0.2, 0) is 6.54 Å². The van der Waals surface area contributed by atoms with Gasteiger partial charge >= 0.3 is 0 Å². The number of fused-ring (bicyclic) bond motifs is 1. The lowest BCUT2D eigenvalue weighted by Gasteiger charge is -2.13. The normalized spacial score (nSPS) is 12.9. The average molecular weight is 266 g/mol. The Hall–Kier alpha value is -0.940. The van der Waals surface area contributed by atoms with Crippen LogP contribution in [0.25, 0.3) is 10.9 Å². The maximum Gasteiger partial charge on any atom is 0.261 e. The molecule has 5 heteroatoms. The lowest BCUT2D eigenvalue weighted by molar-refractivity contribution is 0.637. The summed E-state index contributed by atoms with van der Waals surface area (Å²) in [5.41, 5.74) is 0.791. The van der Waals surface area contributed by atoms with Crippen LogP contribution in [0.4, 0.5) is 0 Å². The molecule has 0 fully saturated rings. The number of hydrogen-bond acceptors (Lipinski definition) is 4. The molecule has 0 aliphatic heterocycles. The maximum absolute atomic E-state index is 12.3. The van der Waals surface area contributed by atoms with E-state index in [1.165, 1.54) is 10.8 Å². The van der Waals surface area contributed by atoms with Gasteiger partial charge in [-0.1, -0.05) is 29.9 Å². The molecule has 1 aromatic carbocycles. The van der Waals surface area contributed by atoms with Gasteiger partial charge in [0.15, 0.2) is 0 Å². The van der Waals surface area contributed by atoms with Gasteiger partial charge < -0.3 is 0 Å². The number of benzene rings is 1. The molecule has 1 heterocycles. The van der Waals surface area contributed by atoms with Crippen LogP contribution in [0.15, 0.2) is 29.1 Å². The molecule has 90 valence electrons. The van der Waals surface area contributed by atoms with Crippen molar-refractivity contribution in [3.05, 3.63) is 40.4 Å². The predicted molar refractivity (Wildman–Crippen MR) is 76.8 cm³/mol. The molecule has 0 amide bonds. The van der Waals surface area contributed by atoms with Gasteiger partial charge in [-0.3, -0.25) is 9.36 Å². The van der Waals surface area contributed by atoms with Gasteiger partial charge in [0.05, 0.1) is 10.9 Å². The summed E-state index contributed by atoms with van der Waals surface area (Å²) >= 11 is 4.17. The molecule has 17 heavy (non-hydrogen) atoms. The van der Waals surface area contributed by atoms with E-state index in [2.05, 4.69) is 16.6 Å². The summed E-state index contributed by atoms with van der Waals surface area (Å²) in [5.74, 6) is 0.753. The van der Waals surface area contributed by atoms with Crippen LogP contribution in [-0.4, -0.2) is 14.8 Å². The number of hydrogen-bond donors (Lipinski definition) is 1. The van der Waals surface area contributed by atoms with E-state index in [1.807, 2.05) is 38.1 Å². The van der Waals surface area contributed by atoms with E-state index in [0.717, 1.165) is 11.3 Å². The van der Waals surface area contributed by atoms with Gasteiger partial charge in [0.1, 0.15) is 5.82 Å². The topological polar surface area (TPSA) is 34.9 Å². The molecule has 0 saturated heterocycles. The lowest BCUT2D eigenvalue weighted by atomic mass is 10.2. The van der Waals surface area contributed by atoms with Crippen LogP contribution in [0.2, 0.25) is 0 Å². The van der Waals surface area contributed by atoms with Crippen LogP contribution in [0, 0.1) is 6.92 Å². The van der Waals surface area contributed by atoms with Crippen LogP contribution in [0.1, 0.15) is 12.7 Å². The monoisotopic (exact) mass is 266 g/mol. The second-order valence-corrected chi connectivity index (χ2v) is 5.66. The zero-order chi connectivity index (χ0) is 12.4. The first-order valence-electron chi connectivity index (χ1n) is 5.40. The van der Waals surface area contributed by atoms with E-state index >= 15 is 0 Å². The van der Waals surface area contributed by atoms with E-state index in [-0.39, 0.29) is 10.8 Å². The number of thiol groups is 1. The van der Waals surface area contributed by atoms with Gasteiger partial charge in [0, 0.05) is 11.8 Å². The molecular weight excluding hydrogens is 252 g/mol. The highest BCUT2D eigenvalue weighted by Gasteiger charge is 2.10. The van der Waals surface area contributed by atoms with Crippen molar-refractivity contribution < 1.29 is 0 Å². The fraction of sp³-hybridized carbons (Fsp3) is 0.333. The molecule has 0 aliphatic rings. The van der Waals surface area contributed by atoms with Gasteiger partial charge in [-0.15, -0.1) is 11.7 Å². The van der Waals surface area contributed by atoms with Gasteiger partial charge in [0.2, 0.25) is 0 Å². The quantitative estimate of drug-likeness (QED) is 0.685. The van der Waals surface area contributed by atoms with Crippen molar-refractivity contribution in [1.29, 1.82) is 0 Å². The number of rotatable bonds is 3. The number of para-hydroxylation sites is 1. The first kappa shape index (κ1) is 12.5. The van der Waals surface area contributed by atoms with Crippen LogP contribution >= 0.6 is 22.5 Å². The highest BCUT2D eigenvalue weighted by Crippen LogP contribution is 2.16. The second kappa shape index (κ2) is 5.14. The second-order valence-electron chi connectivity index (χ2n) is 4.01. The lowest BCUT2D eigenvalue weighted by Crippen LogP contribution is -2.27. The van der Waals surface area contributed by atoms with Crippen molar-refractivity contribution in [1.82, 2.24) is 9.55 Å². The van der Waals surface area contributed by atoms with Gasteiger partial charge in [-0.25, -0.2) is 4.98 Å². The molecule has 0 spiro atoms. The van der Waals surface area contributed by atoms with Crippen LogP contribution < -0.4 is 5.56 Å². The standard InChI is InChI=1S/C12H14N2OS2/c1-8(17-16)7-14-9(2)13-11-6-4-3-5-10(11)12(14)15/h3-6,8,16H,7H2,1-2H3.